The molecule has 4 aromatic rings. The van der Waals surface area contributed by atoms with E-state index in [0.29, 0.717) is 45.4 Å². The molecule has 0 fully saturated rings. The third kappa shape index (κ3) is 3.71. The van der Waals surface area contributed by atoms with Crippen LogP contribution in [0.25, 0.3) is 22.0 Å². The second kappa shape index (κ2) is 8.78. The topological polar surface area (TPSA) is 90.0 Å². The van der Waals surface area contributed by atoms with Crippen molar-refractivity contribution in [2.75, 3.05) is 28.4 Å². The molecule has 170 valence electrons. The number of H-pyrrole nitrogens is 1. The predicted molar refractivity (Wildman–Crippen MR) is 126 cm³/mol. The van der Waals surface area contributed by atoms with E-state index in [1.165, 1.54) is 14.2 Å². The Hall–Kier alpha value is -4.13. The van der Waals surface area contributed by atoms with Crippen LogP contribution < -0.4 is 18.9 Å². The number of ketones is 1. The number of phenols is 1. The fourth-order valence-corrected chi connectivity index (χ4v) is 4.12. The molecule has 1 aromatic heterocycles. The Labute approximate surface area is 191 Å². The summed E-state index contributed by atoms with van der Waals surface area (Å²) in [4.78, 5) is 17.0. The molecular weight excluding hydrogens is 422 g/mol. The Morgan fingerprint density at radius 2 is 1.58 bits per heavy atom. The minimum atomic E-state index is -0.234. The summed E-state index contributed by atoms with van der Waals surface area (Å²) in [5.41, 5.74) is 3.58. The maximum absolute atomic E-state index is 13.8. The SMILES string of the molecule is COc1ccc(-c2c(C(=O)c3cc(C)c(OC)c(OC)c3)[nH]c3cccc(OC)c23)cc1O. The number of nitrogens with one attached hydrogen (secondary N) is 1. The number of aryl methyl sites for hydroxylation is 1. The number of ether oxygens (including phenoxy) is 4. The molecule has 0 saturated heterocycles. The van der Waals surface area contributed by atoms with E-state index in [4.69, 9.17) is 18.9 Å². The lowest BCUT2D eigenvalue weighted by atomic mass is 9.96. The van der Waals surface area contributed by atoms with Crippen molar-refractivity contribution in [3.8, 4) is 39.9 Å². The van der Waals surface area contributed by atoms with Gasteiger partial charge in [-0.3, -0.25) is 4.79 Å². The van der Waals surface area contributed by atoms with Gasteiger partial charge < -0.3 is 29.0 Å². The van der Waals surface area contributed by atoms with Crippen molar-refractivity contribution in [2.24, 2.45) is 0 Å². The van der Waals surface area contributed by atoms with Crippen LogP contribution in [0, 0.1) is 6.92 Å². The predicted octanol–water partition coefficient (Wildman–Crippen LogP) is 5.11. The number of aromatic hydroxyl groups is 1. The molecule has 0 saturated carbocycles. The number of benzene rings is 3. The highest BCUT2D eigenvalue weighted by Gasteiger charge is 2.25. The lowest BCUT2D eigenvalue weighted by Gasteiger charge is -2.13. The van der Waals surface area contributed by atoms with Crippen molar-refractivity contribution in [3.05, 3.63) is 65.4 Å². The van der Waals surface area contributed by atoms with E-state index in [1.54, 1.807) is 44.6 Å². The standard InChI is InChI=1S/C26H25NO6/c1-14-11-16(13-21(32-4)26(14)33-5)25(29)24-22(15-9-10-19(30-2)18(28)12-15)23-17(27-24)7-6-8-20(23)31-3/h6-13,27-28H,1-5H3. The molecule has 33 heavy (non-hydrogen) atoms. The monoisotopic (exact) mass is 447 g/mol. The van der Waals surface area contributed by atoms with E-state index in [-0.39, 0.29) is 11.5 Å². The third-order valence-corrected chi connectivity index (χ3v) is 5.63. The van der Waals surface area contributed by atoms with Crippen molar-refractivity contribution in [2.45, 2.75) is 6.92 Å². The lowest BCUT2D eigenvalue weighted by Crippen LogP contribution is -2.06. The van der Waals surface area contributed by atoms with Gasteiger partial charge in [-0.1, -0.05) is 12.1 Å². The average molecular weight is 447 g/mol. The molecule has 7 heteroatoms. The number of rotatable bonds is 7. The molecule has 0 radical (unpaired) electrons. The number of carbonyl (C=O) groups excluding carboxylic acids is 1. The molecule has 0 bridgehead atoms. The van der Waals surface area contributed by atoms with E-state index in [9.17, 15) is 9.90 Å². The Morgan fingerprint density at radius 3 is 2.21 bits per heavy atom. The molecule has 3 aromatic carbocycles. The van der Waals surface area contributed by atoms with Crippen LogP contribution in [-0.2, 0) is 0 Å². The number of hydrogen-bond donors (Lipinski definition) is 2. The Kier molecular flexibility index (Phi) is 5.87. The first-order valence-corrected chi connectivity index (χ1v) is 10.3. The number of phenolic OH excluding ortho intramolecular Hbond substituents is 1. The average Bonchev–Trinajstić information content (AvgIpc) is 3.22. The van der Waals surface area contributed by atoms with Crippen molar-refractivity contribution < 1.29 is 28.8 Å². The van der Waals surface area contributed by atoms with Crippen LogP contribution in [0.1, 0.15) is 21.6 Å². The second-order valence-corrected chi connectivity index (χ2v) is 7.50. The van der Waals surface area contributed by atoms with E-state index < -0.39 is 0 Å². The van der Waals surface area contributed by atoms with Gasteiger partial charge in [-0.15, -0.1) is 0 Å². The summed E-state index contributed by atoms with van der Waals surface area (Å²) in [6.45, 7) is 1.86. The summed E-state index contributed by atoms with van der Waals surface area (Å²) in [6.07, 6.45) is 0. The van der Waals surface area contributed by atoms with E-state index in [1.807, 2.05) is 25.1 Å². The molecule has 0 unspecified atom stereocenters. The summed E-state index contributed by atoms with van der Waals surface area (Å²) in [5, 5.41) is 11.2. The van der Waals surface area contributed by atoms with Crippen molar-refractivity contribution in [1.82, 2.24) is 4.98 Å². The van der Waals surface area contributed by atoms with Gasteiger partial charge in [-0.05, 0) is 54.4 Å². The second-order valence-electron chi connectivity index (χ2n) is 7.50. The molecular formula is C26H25NO6. The van der Waals surface area contributed by atoms with Crippen LogP contribution in [0.5, 0.6) is 28.7 Å². The molecule has 7 nitrogen and oxygen atoms in total. The first-order valence-electron chi connectivity index (χ1n) is 10.3. The van der Waals surface area contributed by atoms with Gasteiger partial charge in [0.15, 0.2) is 23.0 Å². The third-order valence-electron chi connectivity index (χ3n) is 5.63. The van der Waals surface area contributed by atoms with Crippen LogP contribution in [0.2, 0.25) is 0 Å². The number of aromatic amines is 1. The highest BCUT2D eigenvalue weighted by atomic mass is 16.5. The molecule has 2 N–H and O–H groups in total. The Morgan fingerprint density at radius 1 is 0.848 bits per heavy atom. The minimum absolute atomic E-state index is 0.0281. The van der Waals surface area contributed by atoms with Gasteiger partial charge in [0, 0.05) is 11.1 Å². The molecule has 1 heterocycles. The van der Waals surface area contributed by atoms with Gasteiger partial charge >= 0.3 is 0 Å². The van der Waals surface area contributed by atoms with Gasteiger partial charge in [0.25, 0.3) is 0 Å². The fraction of sp³-hybridized carbons (Fsp3) is 0.192. The molecule has 0 amide bonds. The fourth-order valence-electron chi connectivity index (χ4n) is 4.12. The molecule has 4 rings (SSSR count). The lowest BCUT2D eigenvalue weighted by molar-refractivity contribution is 0.103. The molecule has 0 aliphatic heterocycles. The summed E-state index contributed by atoms with van der Waals surface area (Å²) in [7, 11) is 6.16. The molecule has 0 aliphatic rings. The van der Waals surface area contributed by atoms with Gasteiger partial charge in [-0.25, -0.2) is 0 Å². The highest BCUT2D eigenvalue weighted by Crippen LogP contribution is 2.42. The van der Waals surface area contributed by atoms with Crippen molar-refractivity contribution >= 4 is 16.7 Å². The first kappa shape index (κ1) is 22.1. The normalized spacial score (nSPS) is 10.8. The zero-order valence-corrected chi connectivity index (χ0v) is 19.1. The van der Waals surface area contributed by atoms with E-state index in [2.05, 4.69) is 4.98 Å². The Bertz CT molecular complexity index is 1350. The van der Waals surface area contributed by atoms with Crippen LogP contribution in [0.15, 0.2) is 48.5 Å². The molecule has 0 aliphatic carbocycles. The zero-order valence-electron chi connectivity index (χ0n) is 19.1. The number of carbonyl (C=O) groups is 1. The minimum Gasteiger partial charge on any atom is -0.504 e. The molecule has 0 spiro atoms. The zero-order chi connectivity index (χ0) is 23.7. The largest absolute Gasteiger partial charge is 0.504 e. The smallest absolute Gasteiger partial charge is 0.209 e. The van der Waals surface area contributed by atoms with Gasteiger partial charge in [0.05, 0.1) is 45.0 Å². The summed E-state index contributed by atoms with van der Waals surface area (Å²) < 4.78 is 21.6. The van der Waals surface area contributed by atoms with Gasteiger partial charge in [0.1, 0.15) is 5.75 Å². The van der Waals surface area contributed by atoms with Crippen molar-refractivity contribution in [3.63, 3.8) is 0 Å². The number of hydrogen-bond acceptors (Lipinski definition) is 6. The number of methoxy groups -OCH3 is 4. The number of aromatic nitrogens is 1. The van der Waals surface area contributed by atoms with Crippen LogP contribution in [0.4, 0.5) is 0 Å². The summed E-state index contributed by atoms with van der Waals surface area (Å²) >= 11 is 0. The first-order chi connectivity index (χ1) is 15.9. The van der Waals surface area contributed by atoms with Crippen LogP contribution in [0.3, 0.4) is 0 Å². The van der Waals surface area contributed by atoms with Crippen LogP contribution >= 0.6 is 0 Å². The van der Waals surface area contributed by atoms with E-state index >= 15 is 0 Å². The maximum Gasteiger partial charge on any atom is 0.209 e. The number of fused-ring (bicyclic) bond motifs is 1. The van der Waals surface area contributed by atoms with Gasteiger partial charge in [-0.2, -0.15) is 0 Å². The maximum atomic E-state index is 13.8. The van der Waals surface area contributed by atoms with E-state index in [0.717, 1.165) is 16.5 Å². The van der Waals surface area contributed by atoms with Gasteiger partial charge in [0.2, 0.25) is 5.78 Å². The summed E-state index contributed by atoms with van der Waals surface area (Å²) in [6, 6.07) is 14.0. The Balaban J connectivity index is 1.99. The molecule has 0 atom stereocenters. The quantitative estimate of drug-likeness (QED) is 0.383. The summed E-state index contributed by atoms with van der Waals surface area (Å²) in [5.74, 6) is 1.73. The highest BCUT2D eigenvalue weighted by molar-refractivity contribution is 6.18. The van der Waals surface area contributed by atoms with Crippen molar-refractivity contribution in [1.29, 1.82) is 0 Å². The van der Waals surface area contributed by atoms with Crippen LogP contribution in [-0.4, -0.2) is 44.3 Å².